The Morgan fingerprint density at radius 3 is 2.65 bits per heavy atom. The highest BCUT2D eigenvalue weighted by molar-refractivity contribution is 7.89. The van der Waals surface area contributed by atoms with Gasteiger partial charge in [0.25, 0.3) is 0 Å². The van der Waals surface area contributed by atoms with Gasteiger partial charge in [-0.15, -0.1) is 0 Å². The molecule has 0 saturated carbocycles. The van der Waals surface area contributed by atoms with Crippen LogP contribution in [-0.4, -0.2) is 34.5 Å². The summed E-state index contributed by atoms with van der Waals surface area (Å²) in [5.41, 5.74) is 2.20. The molecule has 23 heavy (non-hydrogen) atoms. The number of nitrogens with zero attached hydrogens (tertiary/aromatic N) is 4. The Morgan fingerprint density at radius 2 is 1.96 bits per heavy atom. The summed E-state index contributed by atoms with van der Waals surface area (Å²) in [6.07, 6.45) is 3.44. The second-order valence-electron chi connectivity index (χ2n) is 5.51. The van der Waals surface area contributed by atoms with Gasteiger partial charge in [-0.1, -0.05) is 18.2 Å². The van der Waals surface area contributed by atoms with Crippen LogP contribution >= 0.6 is 0 Å². The molecule has 0 amide bonds. The molecular weight excluding hydrogens is 312 g/mol. The van der Waals surface area contributed by atoms with Crippen LogP contribution in [0.25, 0.3) is 10.9 Å². The van der Waals surface area contributed by atoms with Crippen molar-refractivity contribution >= 4 is 20.9 Å². The van der Waals surface area contributed by atoms with Gasteiger partial charge in [-0.2, -0.15) is 9.40 Å². The molecule has 6 nitrogen and oxygen atoms in total. The number of hydrogen-bond donors (Lipinski definition) is 0. The van der Waals surface area contributed by atoms with Crippen molar-refractivity contribution in [2.75, 3.05) is 7.05 Å². The molecule has 0 fully saturated rings. The average Bonchev–Trinajstić information content (AvgIpc) is 2.84. The van der Waals surface area contributed by atoms with Crippen LogP contribution in [0.5, 0.6) is 0 Å². The normalized spacial score (nSPS) is 12.2. The van der Waals surface area contributed by atoms with Crippen molar-refractivity contribution < 1.29 is 8.42 Å². The molecule has 0 bridgehead atoms. The van der Waals surface area contributed by atoms with Gasteiger partial charge in [0.15, 0.2) is 0 Å². The number of pyridine rings is 1. The van der Waals surface area contributed by atoms with Crippen molar-refractivity contribution in [2.45, 2.75) is 18.4 Å². The van der Waals surface area contributed by atoms with E-state index in [0.717, 1.165) is 16.6 Å². The van der Waals surface area contributed by atoms with Gasteiger partial charge in [0, 0.05) is 44.0 Å². The fraction of sp³-hybridized carbons (Fsp3) is 0.250. The Balaban J connectivity index is 2.01. The summed E-state index contributed by atoms with van der Waals surface area (Å²) in [5.74, 6) is 0. The number of fused-ring (bicyclic) bond motifs is 1. The Morgan fingerprint density at radius 1 is 1.22 bits per heavy atom. The van der Waals surface area contributed by atoms with Gasteiger partial charge in [0.2, 0.25) is 10.0 Å². The Kier molecular flexibility index (Phi) is 3.91. The molecule has 0 aliphatic rings. The molecule has 120 valence electrons. The minimum atomic E-state index is -3.64. The summed E-state index contributed by atoms with van der Waals surface area (Å²) in [7, 11) is -0.245. The SMILES string of the molecule is Cc1nn(C)cc1CN(C)S(=O)(=O)c1cccc2cccnc12. The summed E-state index contributed by atoms with van der Waals surface area (Å²) in [6.45, 7) is 2.14. The molecule has 3 aromatic rings. The van der Waals surface area contributed by atoms with Crippen molar-refractivity contribution in [3.8, 4) is 0 Å². The van der Waals surface area contributed by atoms with E-state index < -0.39 is 10.0 Å². The zero-order valence-corrected chi connectivity index (χ0v) is 14.1. The maximum absolute atomic E-state index is 12.9. The summed E-state index contributed by atoms with van der Waals surface area (Å²) in [4.78, 5) is 4.46. The molecule has 0 saturated heterocycles. The second kappa shape index (κ2) is 5.75. The van der Waals surface area contributed by atoms with Gasteiger partial charge in [-0.3, -0.25) is 9.67 Å². The minimum Gasteiger partial charge on any atom is -0.275 e. The predicted molar refractivity (Wildman–Crippen MR) is 88.3 cm³/mol. The summed E-state index contributed by atoms with van der Waals surface area (Å²) < 4.78 is 28.9. The summed E-state index contributed by atoms with van der Waals surface area (Å²) in [5, 5.41) is 5.06. The molecular formula is C16H18N4O2S. The zero-order chi connectivity index (χ0) is 16.6. The third-order valence-electron chi connectivity index (χ3n) is 3.79. The lowest BCUT2D eigenvalue weighted by molar-refractivity contribution is 0.466. The lowest BCUT2D eigenvalue weighted by Gasteiger charge is -2.17. The van der Waals surface area contributed by atoms with E-state index in [1.807, 2.05) is 32.3 Å². The number of aromatic nitrogens is 3. The number of rotatable bonds is 4. The highest BCUT2D eigenvalue weighted by atomic mass is 32.2. The quantitative estimate of drug-likeness (QED) is 0.735. The van der Waals surface area contributed by atoms with Gasteiger partial charge in [0.05, 0.1) is 11.2 Å². The van der Waals surface area contributed by atoms with Crippen LogP contribution in [0.4, 0.5) is 0 Å². The number of benzene rings is 1. The molecule has 0 spiro atoms. The smallest absolute Gasteiger partial charge is 0.245 e. The first-order valence-corrected chi connectivity index (χ1v) is 8.63. The maximum Gasteiger partial charge on any atom is 0.245 e. The Labute approximate surface area is 135 Å². The van der Waals surface area contributed by atoms with Gasteiger partial charge >= 0.3 is 0 Å². The molecule has 7 heteroatoms. The largest absolute Gasteiger partial charge is 0.275 e. The number of sulfonamides is 1. The topological polar surface area (TPSA) is 68.1 Å². The fourth-order valence-electron chi connectivity index (χ4n) is 2.58. The van der Waals surface area contributed by atoms with E-state index in [1.54, 1.807) is 36.1 Å². The summed E-state index contributed by atoms with van der Waals surface area (Å²) in [6, 6.07) is 8.83. The average molecular weight is 330 g/mol. The maximum atomic E-state index is 12.9. The number of para-hydroxylation sites is 1. The summed E-state index contributed by atoms with van der Waals surface area (Å²) >= 11 is 0. The van der Waals surface area contributed by atoms with Gasteiger partial charge < -0.3 is 0 Å². The molecule has 0 aliphatic carbocycles. The first kappa shape index (κ1) is 15.6. The van der Waals surface area contributed by atoms with E-state index >= 15 is 0 Å². The van der Waals surface area contributed by atoms with E-state index in [-0.39, 0.29) is 11.4 Å². The van der Waals surface area contributed by atoms with E-state index in [1.165, 1.54) is 4.31 Å². The highest BCUT2D eigenvalue weighted by Crippen LogP contribution is 2.24. The minimum absolute atomic E-state index is 0.222. The van der Waals surface area contributed by atoms with Crippen LogP contribution in [0, 0.1) is 6.92 Å². The van der Waals surface area contributed by atoms with E-state index in [4.69, 9.17) is 0 Å². The fourth-order valence-corrected chi connectivity index (χ4v) is 3.89. The second-order valence-corrected chi connectivity index (χ2v) is 7.52. The van der Waals surface area contributed by atoms with Gasteiger partial charge in [-0.05, 0) is 19.1 Å². The van der Waals surface area contributed by atoms with Crippen molar-refractivity contribution in [3.05, 3.63) is 54.0 Å². The number of hydrogen-bond acceptors (Lipinski definition) is 4. The zero-order valence-electron chi connectivity index (χ0n) is 13.3. The van der Waals surface area contributed by atoms with E-state index in [9.17, 15) is 8.42 Å². The molecule has 0 aliphatic heterocycles. The first-order valence-electron chi connectivity index (χ1n) is 7.19. The lowest BCUT2D eigenvalue weighted by atomic mass is 10.2. The molecule has 0 atom stereocenters. The van der Waals surface area contributed by atoms with E-state index in [0.29, 0.717) is 5.52 Å². The van der Waals surface area contributed by atoms with Crippen molar-refractivity contribution in [1.82, 2.24) is 19.1 Å². The molecule has 2 heterocycles. The molecule has 3 rings (SSSR count). The van der Waals surface area contributed by atoms with Crippen molar-refractivity contribution in [3.63, 3.8) is 0 Å². The third-order valence-corrected chi connectivity index (χ3v) is 5.63. The van der Waals surface area contributed by atoms with Crippen LogP contribution in [-0.2, 0) is 23.6 Å². The van der Waals surface area contributed by atoms with Crippen molar-refractivity contribution in [1.29, 1.82) is 0 Å². The molecule has 2 aromatic heterocycles. The first-order chi connectivity index (χ1) is 10.9. The van der Waals surface area contributed by atoms with Crippen LogP contribution in [0.2, 0.25) is 0 Å². The molecule has 0 N–H and O–H groups in total. The molecule has 0 radical (unpaired) electrons. The van der Waals surface area contributed by atoms with E-state index in [2.05, 4.69) is 10.1 Å². The van der Waals surface area contributed by atoms with Crippen LogP contribution in [0.3, 0.4) is 0 Å². The standard InChI is InChI=1S/C16H18N4O2S/c1-12-14(10-19(2)18-12)11-20(3)23(21,22)15-8-4-6-13-7-5-9-17-16(13)15/h4-10H,11H2,1-3H3. The number of aryl methyl sites for hydroxylation is 2. The Bertz CT molecular complexity index is 958. The van der Waals surface area contributed by atoms with Crippen molar-refractivity contribution in [2.24, 2.45) is 7.05 Å². The third kappa shape index (κ3) is 2.85. The highest BCUT2D eigenvalue weighted by Gasteiger charge is 2.24. The lowest BCUT2D eigenvalue weighted by Crippen LogP contribution is -2.27. The van der Waals surface area contributed by atoms with Gasteiger partial charge in [-0.25, -0.2) is 8.42 Å². The van der Waals surface area contributed by atoms with Gasteiger partial charge in [0.1, 0.15) is 4.90 Å². The van der Waals surface area contributed by atoms with Crippen LogP contribution in [0.15, 0.2) is 47.6 Å². The monoisotopic (exact) mass is 330 g/mol. The predicted octanol–water partition coefficient (Wildman–Crippen LogP) is 2.10. The van der Waals surface area contributed by atoms with Crippen LogP contribution < -0.4 is 0 Å². The molecule has 1 aromatic carbocycles. The Hall–Kier alpha value is -2.25. The van der Waals surface area contributed by atoms with Crippen LogP contribution in [0.1, 0.15) is 11.3 Å². The molecule has 0 unspecified atom stereocenters.